The van der Waals surface area contributed by atoms with Crippen molar-refractivity contribution < 1.29 is 0 Å². The minimum atomic E-state index is 0.707. The number of anilines is 1. The van der Waals surface area contributed by atoms with Gasteiger partial charge in [-0.25, -0.2) is 4.98 Å². The summed E-state index contributed by atoms with van der Waals surface area (Å²) in [7, 11) is 0. The van der Waals surface area contributed by atoms with E-state index in [9.17, 15) is 0 Å². The van der Waals surface area contributed by atoms with Crippen molar-refractivity contribution in [1.29, 1.82) is 0 Å². The fourth-order valence-electron chi connectivity index (χ4n) is 2.66. The van der Waals surface area contributed by atoms with Gasteiger partial charge in [0, 0.05) is 19.4 Å². The highest BCUT2D eigenvalue weighted by Crippen LogP contribution is 2.25. The number of nitrogen functional groups attached to an aromatic ring is 1. The van der Waals surface area contributed by atoms with Crippen LogP contribution in [0.15, 0.2) is 30.3 Å². The minimum absolute atomic E-state index is 0.707. The molecule has 94 valence electrons. The number of rotatable bonds is 2. The van der Waals surface area contributed by atoms with Gasteiger partial charge in [0.1, 0.15) is 11.6 Å². The number of hydrogen-bond acceptors (Lipinski definition) is 2. The first-order valence-corrected chi connectivity index (χ1v) is 6.61. The van der Waals surface area contributed by atoms with E-state index in [1.54, 1.807) is 0 Å². The van der Waals surface area contributed by atoms with E-state index in [-0.39, 0.29) is 0 Å². The molecule has 1 atom stereocenters. The molecule has 3 heteroatoms. The fraction of sp³-hybridized carbons (Fsp3) is 0.400. The summed E-state index contributed by atoms with van der Waals surface area (Å²) in [5.74, 6) is 2.73. The zero-order chi connectivity index (χ0) is 12.5. The van der Waals surface area contributed by atoms with Crippen molar-refractivity contribution in [3.05, 3.63) is 47.4 Å². The first kappa shape index (κ1) is 11.3. The van der Waals surface area contributed by atoms with Crippen molar-refractivity contribution in [2.45, 2.75) is 32.7 Å². The highest BCUT2D eigenvalue weighted by atomic mass is 15.1. The van der Waals surface area contributed by atoms with Crippen molar-refractivity contribution in [3.63, 3.8) is 0 Å². The number of nitrogens with two attached hydrogens (primary N) is 1. The van der Waals surface area contributed by atoms with Crippen LogP contribution in [0.25, 0.3) is 0 Å². The van der Waals surface area contributed by atoms with Crippen LogP contribution < -0.4 is 5.73 Å². The number of nitrogens with zero attached hydrogens (tertiary/aromatic N) is 2. The molecule has 0 spiro atoms. The highest BCUT2D eigenvalue weighted by Gasteiger charge is 2.21. The summed E-state index contributed by atoms with van der Waals surface area (Å²) in [6.45, 7) is 3.29. The van der Waals surface area contributed by atoms with Crippen LogP contribution in [0, 0.1) is 5.92 Å². The Hall–Kier alpha value is -1.77. The lowest BCUT2D eigenvalue weighted by molar-refractivity contribution is 0.397. The maximum Gasteiger partial charge on any atom is 0.127 e. The van der Waals surface area contributed by atoms with E-state index >= 15 is 0 Å². The first-order valence-electron chi connectivity index (χ1n) is 6.61. The monoisotopic (exact) mass is 241 g/mol. The topological polar surface area (TPSA) is 43.8 Å². The Morgan fingerprint density at radius 1 is 1.33 bits per heavy atom. The zero-order valence-electron chi connectivity index (χ0n) is 10.8. The maximum atomic E-state index is 6.23. The number of imidazole rings is 1. The molecule has 2 aromatic rings. The highest BCUT2D eigenvalue weighted by molar-refractivity contribution is 5.41. The van der Waals surface area contributed by atoms with Crippen LogP contribution in [0.2, 0.25) is 0 Å². The van der Waals surface area contributed by atoms with Crippen LogP contribution in [0.1, 0.15) is 30.4 Å². The van der Waals surface area contributed by atoms with Gasteiger partial charge in [-0.1, -0.05) is 37.3 Å². The lowest BCUT2D eigenvalue weighted by atomic mass is 10.0. The standard InChI is InChI=1S/C15H19N3/c1-11-7-8-14-17-13(15(16)18(14)10-11)9-12-5-3-2-4-6-12/h2-6,11H,7-10,16H2,1H3. The van der Waals surface area contributed by atoms with E-state index in [2.05, 4.69) is 35.8 Å². The maximum absolute atomic E-state index is 6.23. The number of benzene rings is 1. The molecule has 2 heterocycles. The summed E-state index contributed by atoms with van der Waals surface area (Å²) >= 11 is 0. The van der Waals surface area contributed by atoms with E-state index in [0.29, 0.717) is 5.92 Å². The Morgan fingerprint density at radius 2 is 2.11 bits per heavy atom. The van der Waals surface area contributed by atoms with Gasteiger partial charge in [-0.2, -0.15) is 0 Å². The summed E-state index contributed by atoms with van der Waals surface area (Å²) in [4.78, 5) is 4.72. The normalized spacial score (nSPS) is 18.6. The molecule has 0 amide bonds. The quantitative estimate of drug-likeness (QED) is 0.878. The van der Waals surface area contributed by atoms with Gasteiger partial charge in [-0.15, -0.1) is 0 Å². The van der Waals surface area contributed by atoms with Crippen LogP contribution in [0.3, 0.4) is 0 Å². The van der Waals surface area contributed by atoms with E-state index in [1.807, 2.05) is 6.07 Å². The second-order valence-corrected chi connectivity index (χ2v) is 5.28. The fourth-order valence-corrected chi connectivity index (χ4v) is 2.66. The summed E-state index contributed by atoms with van der Waals surface area (Å²) in [6.07, 6.45) is 3.11. The lowest BCUT2D eigenvalue weighted by Gasteiger charge is -2.20. The Morgan fingerprint density at radius 3 is 2.89 bits per heavy atom. The molecule has 0 bridgehead atoms. The average Bonchev–Trinajstić information content (AvgIpc) is 2.68. The molecule has 0 aliphatic carbocycles. The van der Waals surface area contributed by atoms with E-state index < -0.39 is 0 Å². The molecule has 2 N–H and O–H groups in total. The summed E-state index contributed by atoms with van der Waals surface area (Å²) in [5.41, 5.74) is 8.54. The molecule has 3 nitrogen and oxygen atoms in total. The Labute approximate surface area is 108 Å². The smallest absolute Gasteiger partial charge is 0.127 e. The van der Waals surface area contributed by atoms with Crippen LogP contribution in [0.5, 0.6) is 0 Å². The van der Waals surface area contributed by atoms with Crippen LogP contribution in [-0.4, -0.2) is 9.55 Å². The molecule has 1 aliphatic rings. The van der Waals surface area contributed by atoms with Crippen molar-refractivity contribution >= 4 is 5.82 Å². The van der Waals surface area contributed by atoms with Crippen molar-refractivity contribution in [3.8, 4) is 0 Å². The van der Waals surface area contributed by atoms with Gasteiger partial charge in [0.2, 0.25) is 0 Å². The molecule has 0 saturated carbocycles. The Balaban J connectivity index is 1.90. The third kappa shape index (κ3) is 2.01. The first-order chi connectivity index (χ1) is 8.74. The second-order valence-electron chi connectivity index (χ2n) is 5.28. The third-order valence-corrected chi connectivity index (χ3v) is 3.73. The molecule has 1 aromatic heterocycles. The van der Waals surface area contributed by atoms with Gasteiger partial charge in [0.25, 0.3) is 0 Å². The van der Waals surface area contributed by atoms with Gasteiger partial charge < -0.3 is 10.3 Å². The average molecular weight is 241 g/mol. The SMILES string of the molecule is CC1CCc2nc(Cc3ccccc3)c(N)n2C1. The summed E-state index contributed by atoms with van der Waals surface area (Å²) < 4.78 is 2.20. The molecule has 1 unspecified atom stereocenters. The Bertz CT molecular complexity index is 542. The van der Waals surface area contributed by atoms with Crippen LogP contribution in [0.4, 0.5) is 5.82 Å². The van der Waals surface area contributed by atoms with Crippen molar-refractivity contribution in [2.75, 3.05) is 5.73 Å². The van der Waals surface area contributed by atoms with E-state index in [4.69, 9.17) is 10.7 Å². The number of fused-ring (bicyclic) bond motifs is 1. The van der Waals surface area contributed by atoms with Gasteiger partial charge in [0.15, 0.2) is 0 Å². The second kappa shape index (κ2) is 4.48. The largest absolute Gasteiger partial charge is 0.384 e. The molecule has 18 heavy (non-hydrogen) atoms. The van der Waals surface area contributed by atoms with Crippen molar-refractivity contribution in [2.24, 2.45) is 5.92 Å². The summed E-state index contributed by atoms with van der Waals surface area (Å²) in [5, 5.41) is 0. The predicted molar refractivity (Wildman–Crippen MR) is 73.4 cm³/mol. The van der Waals surface area contributed by atoms with Gasteiger partial charge in [-0.3, -0.25) is 0 Å². The van der Waals surface area contributed by atoms with Crippen LogP contribution >= 0.6 is 0 Å². The molecule has 0 fully saturated rings. The lowest BCUT2D eigenvalue weighted by Crippen LogP contribution is -2.19. The minimum Gasteiger partial charge on any atom is -0.384 e. The van der Waals surface area contributed by atoms with E-state index in [0.717, 1.165) is 36.7 Å². The zero-order valence-corrected chi connectivity index (χ0v) is 10.8. The number of aromatic nitrogens is 2. The van der Waals surface area contributed by atoms with Crippen LogP contribution in [-0.2, 0) is 19.4 Å². The number of hydrogen-bond donors (Lipinski definition) is 1. The molecule has 0 radical (unpaired) electrons. The molecule has 1 aliphatic heterocycles. The predicted octanol–water partition coefficient (Wildman–Crippen LogP) is 2.64. The van der Waals surface area contributed by atoms with E-state index in [1.165, 1.54) is 12.0 Å². The third-order valence-electron chi connectivity index (χ3n) is 3.73. The summed E-state index contributed by atoms with van der Waals surface area (Å²) in [6, 6.07) is 10.4. The Kier molecular flexibility index (Phi) is 2.82. The molecule has 1 aromatic carbocycles. The molecule has 0 saturated heterocycles. The molecular formula is C15H19N3. The van der Waals surface area contributed by atoms with Gasteiger partial charge in [0.05, 0.1) is 5.69 Å². The molecular weight excluding hydrogens is 222 g/mol. The van der Waals surface area contributed by atoms with Gasteiger partial charge in [-0.05, 0) is 17.9 Å². The number of aryl methyl sites for hydroxylation is 1. The van der Waals surface area contributed by atoms with Gasteiger partial charge >= 0.3 is 0 Å². The van der Waals surface area contributed by atoms with Crippen molar-refractivity contribution in [1.82, 2.24) is 9.55 Å². The molecule has 3 rings (SSSR count).